The topological polar surface area (TPSA) is 68.3 Å². The number of anilines is 1. The smallest absolute Gasteiger partial charge is 0.153 e. The van der Waals surface area contributed by atoms with Crippen molar-refractivity contribution in [2.45, 2.75) is 58.3 Å². The van der Waals surface area contributed by atoms with Gasteiger partial charge in [0.05, 0.1) is 0 Å². The van der Waals surface area contributed by atoms with Gasteiger partial charge in [0.15, 0.2) is 5.82 Å². The summed E-state index contributed by atoms with van der Waals surface area (Å²) in [5.41, 5.74) is 1.23. The highest BCUT2D eigenvalue weighted by Crippen LogP contribution is 2.39. The number of unbranched alkanes of at least 4 members (excludes halogenated alkanes) is 1. The van der Waals surface area contributed by atoms with Crippen molar-refractivity contribution in [2.75, 3.05) is 32.0 Å². The van der Waals surface area contributed by atoms with Crippen molar-refractivity contribution in [3.63, 3.8) is 0 Å². The minimum atomic E-state index is 0.669. The summed E-state index contributed by atoms with van der Waals surface area (Å²) in [5, 5.41) is 14.3. The number of aromatic amines is 1. The molecule has 0 aromatic carbocycles. The molecule has 1 aliphatic carbocycles. The van der Waals surface area contributed by atoms with E-state index in [1.165, 1.54) is 31.4 Å². The van der Waals surface area contributed by atoms with Crippen LogP contribution in [0.1, 0.15) is 64.0 Å². The molecule has 1 unspecified atom stereocenters. The summed E-state index contributed by atoms with van der Waals surface area (Å²) in [6.07, 6.45) is 13.6. The zero-order valence-corrected chi connectivity index (χ0v) is 17.7. The van der Waals surface area contributed by atoms with Gasteiger partial charge in [-0.2, -0.15) is 5.10 Å². The van der Waals surface area contributed by atoms with E-state index in [9.17, 15) is 0 Å². The number of H-pyrrole nitrogens is 1. The molecular formula is C22H36N6. The predicted molar refractivity (Wildman–Crippen MR) is 118 cm³/mol. The van der Waals surface area contributed by atoms with E-state index in [0.29, 0.717) is 11.8 Å². The fraction of sp³-hybridized carbons (Fsp3) is 0.636. The van der Waals surface area contributed by atoms with Crippen molar-refractivity contribution in [3.8, 4) is 0 Å². The average molecular weight is 385 g/mol. The molecule has 154 valence electrons. The monoisotopic (exact) mass is 384 g/mol. The average Bonchev–Trinajstić information content (AvgIpc) is 3.45. The Morgan fingerprint density at radius 2 is 2.25 bits per heavy atom. The van der Waals surface area contributed by atoms with Crippen LogP contribution in [0.15, 0.2) is 35.1 Å². The van der Waals surface area contributed by atoms with E-state index in [4.69, 9.17) is 4.99 Å². The first-order valence-electron chi connectivity index (χ1n) is 10.9. The lowest BCUT2D eigenvalue weighted by Crippen LogP contribution is -2.38. The van der Waals surface area contributed by atoms with E-state index in [1.54, 1.807) is 0 Å². The number of aromatic nitrogens is 2. The van der Waals surface area contributed by atoms with Gasteiger partial charge < -0.3 is 15.5 Å². The number of nitrogens with zero attached hydrogens (tertiary/aromatic N) is 3. The maximum absolute atomic E-state index is 5.02. The molecular weight excluding hydrogens is 348 g/mol. The highest BCUT2D eigenvalue weighted by Gasteiger charge is 2.25. The first kappa shape index (κ1) is 20.6. The molecule has 1 atom stereocenters. The SMILES string of the molecule is C\C=C/C(=N\C(=C\CCC)N1CCCC(CNC)C1)Nc1cc(C2CC2)[nH]n1. The Labute approximate surface area is 169 Å². The number of amidine groups is 1. The van der Waals surface area contributed by atoms with Crippen molar-refractivity contribution >= 4 is 11.7 Å². The fourth-order valence-electron chi connectivity index (χ4n) is 3.77. The van der Waals surface area contributed by atoms with Crippen LogP contribution in [0.3, 0.4) is 0 Å². The van der Waals surface area contributed by atoms with Crippen LogP contribution in [-0.2, 0) is 0 Å². The number of hydrogen-bond donors (Lipinski definition) is 3. The summed E-state index contributed by atoms with van der Waals surface area (Å²) in [6, 6.07) is 2.12. The van der Waals surface area contributed by atoms with E-state index < -0.39 is 0 Å². The van der Waals surface area contributed by atoms with Gasteiger partial charge in [0.2, 0.25) is 0 Å². The van der Waals surface area contributed by atoms with Crippen LogP contribution >= 0.6 is 0 Å². The number of aliphatic imine (C=N–C) groups is 1. The Balaban J connectivity index is 1.76. The molecule has 1 aromatic rings. The van der Waals surface area contributed by atoms with Gasteiger partial charge in [-0.1, -0.05) is 19.4 Å². The molecule has 28 heavy (non-hydrogen) atoms. The van der Waals surface area contributed by atoms with Crippen molar-refractivity contribution in [1.29, 1.82) is 0 Å². The highest BCUT2D eigenvalue weighted by molar-refractivity contribution is 6.03. The Morgan fingerprint density at radius 1 is 1.39 bits per heavy atom. The van der Waals surface area contributed by atoms with Crippen LogP contribution in [0.2, 0.25) is 0 Å². The third-order valence-electron chi connectivity index (χ3n) is 5.38. The van der Waals surface area contributed by atoms with Crippen molar-refractivity contribution < 1.29 is 0 Å². The minimum Gasteiger partial charge on any atom is -0.356 e. The number of nitrogens with one attached hydrogen (secondary N) is 3. The second-order valence-electron chi connectivity index (χ2n) is 7.97. The van der Waals surface area contributed by atoms with Crippen LogP contribution in [-0.4, -0.2) is 47.6 Å². The Morgan fingerprint density at radius 3 is 2.96 bits per heavy atom. The summed E-state index contributed by atoms with van der Waals surface area (Å²) in [7, 11) is 2.04. The molecule has 1 aromatic heterocycles. The number of likely N-dealkylation sites (tertiary alicyclic amines) is 1. The third-order valence-corrected chi connectivity index (χ3v) is 5.38. The van der Waals surface area contributed by atoms with E-state index in [2.05, 4.69) is 44.8 Å². The van der Waals surface area contributed by atoms with Gasteiger partial charge in [-0.25, -0.2) is 4.99 Å². The largest absolute Gasteiger partial charge is 0.356 e. The standard InChI is InChI=1S/C22H36N6/c1-4-6-10-22(28-13-7-9-17(16-28)15-23-3)25-20(8-5-2)24-21-14-19(26-27-21)18-11-12-18/h5,8,10,14,17-18,23H,4,6-7,9,11-13,15-16H2,1-3H3,(H2,24,25,26,27)/b8-5-,22-10-. The lowest BCUT2D eigenvalue weighted by atomic mass is 9.98. The van der Waals surface area contributed by atoms with Gasteiger partial charge >= 0.3 is 0 Å². The molecule has 0 spiro atoms. The van der Waals surface area contributed by atoms with Crippen molar-refractivity contribution in [2.24, 2.45) is 10.9 Å². The molecule has 1 aliphatic heterocycles. The molecule has 1 saturated heterocycles. The third kappa shape index (κ3) is 5.96. The first-order valence-corrected chi connectivity index (χ1v) is 10.9. The van der Waals surface area contributed by atoms with Crippen LogP contribution in [0.25, 0.3) is 0 Å². The lowest BCUT2D eigenvalue weighted by molar-refractivity contribution is 0.213. The van der Waals surface area contributed by atoms with Gasteiger partial charge in [-0.3, -0.25) is 5.10 Å². The second-order valence-corrected chi connectivity index (χ2v) is 7.97. The first-order chi connectivity index (χ1) is 13.7. The highest BCUT2D eigenvalue weighted by atomic mass is 15.3. The van der Waals surface area contributed by atoms with E-state index in [0.717, 1.165) is 50.0 Å². The molecule has 1 saturated carbocycles. The summed E-state index contributed by atoms with van der Waals surface area (Å²) in [6.45, 7) is 7.45. The zero-order valence-electron chi connectivity index (χ0n) is 17.7. The van der Waals surface area contributed by atoms with E-state index in [1.807, 2.05) is 26.1 Å². The molecule has 6 heteroatoms. The molecule has 2 fully saturated rings. The van der Waals surface area contributed by atoms with Gasteiger partial charge in [-0.15, -0.1) is 0 Å². The Kier molecular flexibility index (Phi) is 7.71. The quantitative estimate of drug-likeness (QED) is 0.440. The summed E-state index contributed by atoms with van der Waals surface area (Å²) >= 11 is 0. The Bertz CT molecular complexity index is 696. The van der Waals surface area contributed by atoms with Gasteiger partial charge in [-0.05, 0) is 70.7 Å². The number of hydrogen-bond acceptors (Lipinski definition) is 4. The molecule has 2 aliphatic rings. The number of piperidine rings is 1. The molecule has 2 heterocycles. The summed E-state index contributed by atoms with van der Waals surface area (Å²) < 4.78 is 0. The molecule has 3 rings (SSSR count). The molecule has 6 nitrogen and oxygen atoms in total. The number of rotatable bonds is 9. The molecule has 3 N–H and O–H groups in total. The van der Waals surface area contributed by atoms with Crippen LogP contribution < -0.4 is 10.6 Å². The maximum atomic E-state index is 5.02. The minimum absolute atomic E-state index is 0.669. The lowest BCUT2D eigenvalue weighted by Gasteiger charge is -2.34. The predicted octanol–water partition coefficient (Wildman–Crippen LogP) is 4.25. The molecule has 0 bridgehead atoms. The summed E-state index contributed by atoms with van der Waals surface area (Å²) in [4.78, 5) is 7.47. The van der Waals surface area contributed by atoms with Crippen molar-refractivity contribution in [1.82, 2.24) is 20.4 Å². The van der Waals surface area contributed by atoms with Crippen molar-refractivity contribution in [3.05, 3.63) is 35.8 Å². The summed E-state index contributed by atoms with van der Waals surface area (Å²) in [5.74, 6) is 4.13. The second kappa shape index (κ2) is 10.5. The van der Waals surface area contributed by atoms with Gasteiger partial charge in [0.25, 0.3) is 0 Å². The normalized spacial score (nSPS) is 21.5. The van der Waals surface area contributed by atoms with Gasteiger partial charge in [0.1, 0.15) is 11.7 Å². The number of allylic oxidation sites excluding steroid dienone is 2. The van der Waals surface area contributed by atoms with Gasteiger partial charge in [0, 0.05) is 30.8 Å². The molecule has 0 radical (unpaired) electrons. The molecule has 0 amide bonds. The van der Waals surface area contributed by atoms with E-state index in [-0.39, 0.29) is 0 Å². The fourth-order valence-corrected chi connectivity index (χ4v) is 3.77. The zero-order chi connectivity index (χ0) is 19.8. The maximum Gasteiger partial charge on any atom is 0.153 e. The van der Waals surface area contributed by atoms with Crippen LogP contribution in [0.5, 0.6) is 0 Å². The van der Waals surface area contributed by atoms with Crippen LogP contribution in [0, 0.1) is 5.92 Å². The van der Waals surface area contributed by atoms with E-state index >= 15 is 0 Å². The van der Waals surface area contributed by atoms with Crippen LogP contribution in [0.4, 0.5) is 5.82 Å². The Hall–Kier alpha value is -2.08.